The largest absolute Gasteiger partial charge is 0.352 e. The van der Waals surface area contributed by atoms with Gasteiger partial charge in [-0.25, -0.2) is 8.42 Å². The Hall–Kier alpha value is -1.07. The lowest BCUT2D eigenvalue weighted by Gasteiger charge is -2.07. The normalized spacial score (nSPS) is 20.0. The quantitative estimate of drug-likeness (QED) is 0.864. The number of amides is 1. The fourth-order valence-corrected chi connectivity index (χ4v) is 3.68. The molecular weight excluding hydrogens is 310 g/mol. The Balaban J connectivity index is 1.99. The highest BCUT2D eigenvalue weighted by Crippen LogP contribution is 2.67. The van der Waals surface area contributed by atoms with E-state index in [4.69, 9.17) is 10.7 Å². The van der Waals surface area contributed by atoms with Crippen molar-refractivity contribution in [2.75, 3.05) is 6.54 Å². The zero-order valence-electron chi connectivity index (χ0n) is 12.6. The lowest BCUT2D eigenvalue weighted by atomic mass is 10.0. The monoisotopic (exact) mass is 329 g/mol. The molecule has 0 radical (unpaired) electrons. The number of nitrogens with one attached hydrogen (secondary N) is 1. The smallest absolute Gasteiger partial charge is 0.261 e. The molecule has 1 fully saturated rings. The summed E-state index contributed by atoms with van der Waals surface area (Å²) in [5.74, 6) is 0.239. The molecule has 1 aromatic carbocycles. The van der Waals surface area contributed by atoms with Crippen molar-refractivity contribution in [3.63, 3.8) is 0 Å². The third-order valence-electron chi connectivity index (χ3n) is 5.18. The molecule has 2 rings (SSSR count). The Kier molecular flexibility index (Phi) is 3.87. The van der Waals surface area contributed by atoms with Gasteiger partial charge in [-0.15, -0.1) is 0 Å². The molecule has 1 aromatic rings. The zero-order valence-corrected chi connectivity index (χ0v) is 14.2. The highest BCUT2D eigenvalue weighted by molar-refractivity contribution is 8.13. The zero-order chi connectivity index (χ0) is 16.1. The summed E-state index contributed by atoms with van der Waals surface area (Å²) in [6, 6.07) is 5.60. The van der Waals surface area contributed by atoms with E-state index in [-0.39, 0.29) is 21.6 Å². The van der Waals surface area contributed by atoms with Crippen LogP contribution in [0.3, 0.4) is 0 Å². The molecule has 1 aliphatic carbocycles. The number of carbonyl (C=O) groups is 1. The highest BCUT2D eigenvalue weighted by atomic mass is 35.7. The summed E-state index contributed by atoms with van der Waals surface area (Å²) in [5.41, 5.74) is 0.864. The van der Waals surface area contributed by atoms with Gasteiger partial charge < -0.3 is 5.32 Å². The van der Waals surface area contributed by atoms with Gasteiger partial charge in [-0.3, -0.25) is 4.79 Å². The molecule has 1 N–H and O–H groups in total. The van der Waals surface area contributed by atoms with Gasteiger partial charge in [0.05, 0.1) is 4.90 Å². The van der Waals surface area contributed by atoms with Crippen LogP contribution >= 0.6 is 10.7 Å². The van der Waals surface area contributed by atoms with E-state index in [1.54, 1.807) is 0 Å². The lowest BCUT2D eigenvalue weighted by molar-refractivity contribution is 0.0950. The molecule has 116 valence electrons. The van der Waals surface area contributed by atoms with Crippen LogP contribution in [-0.4, -0.2) is 20.9 Å². The first-order chi connectivity index (χ1) is 9.48. The van der Waals surface area contributed by atoms with E-state index in [1.807, 2.05) is 0 Å². The first-order valence-corrected chi connectivity index (χ1v) is 9.12. The Morgan fingerprint density at radius 1 is 1.14 bits per heavy atom. The minimum Gasteiger partial charge on any atom is -0.352 e. The Bertz CT molecular complexity index is 649. The summed E-state index contributed by atoms with van der Waals surface area (Å²) >= 11 is 0. The average molecular weight is 330 g/mol. The molecule has 1 aliphatic rings. The molecule has 0 aliphatic heterocycles. The number of halogens is 1. The molecule has 21 heavy (non-hydrogen) atoms. The second kappa shape index (κ2) is 4.99. The van der Waals surface area contributed by atoms with Gasteiger partial charge in [0.1, 0.15) is 0 Å². The summed E-state index contributed by atoms with van der Waals surface area (Å²) in [6.07, 6.45) is 0. The summed E-state index contributed by atoms with van der Waals surface area (Å²) in [4.78, 5) is 12.1. The third kappa shape index (κ3) is 2.94. The van der Waals surface area contributed by atoms with Gasteiger partial charge in [-0.1, -0.05) is 27.7 Å². The number of carbonyl (C=O) groups excluding carboxylic acids is 1. The van der Waals surface area contributed by atoms with Gasteiger partial charge in [0.2, 0.25) is 0 Å². The Morgan fingerprint density at radius 2 is 1.62 bits per heavy atom. The van der Waals surface area contributed by atoms with Crippen molar-refractivity contribution < 1.29 is 13.2 Å². The first kappa shape index (κ1) is 16.3. The minimum absolute atomic E-state index is 0.00910. The van der Waals surface area contributed by atoms with Gasteiger partial charge >= 0.3 is 0 Å². The van der Waals surface area contributed by atoms with Crippen LogP contribution in [0.1, 0.15) is 38.1 Å². The van der Waals surface area contributed by atoms with Crippen LogP contribution in [-0.2, 0) is 9.05 Å². The van der Waals surface area contributed by atoms with E-state index in [1.165, 1.54) is 24.3 Å². The fourth-order valence-electron chi connectivity index (χ4n) is 2.91. The molecule has 0 heterocycles. The topological polar surface area (TPSA) is 63.2 Å². The second-order valence-electron chi connectivity index (χ2n) is 6.67. The van der Waals surface area contributed by atoms with Gasteiger partial charge in [0, 0.05) is 22.8 Å². The third-order valence-corrected chi connectivity index (χ3v) is 6.55. The fraction of sp³-hybridized carbons (Fsp3) is 0.533. The van der Waals surface area contributed by atoms with Gasteiger partial charge in [0.15, 0.2) is 0 Å². The lowest BCUT2D eigenvalue weighted by Crippen LogP contribution is -2.27. The van der Waals surface area contributed by atoms with Crippen LogP contribution in [0.15, 0.2) is 29.2 Å². The maximum absolute atomic E-state index is 12.1. The molecule has 0 unspecified atom stereocenters. The van der Waals surface area contributed by atoms with E-state index < -0.39 is 9.05 Å². The molecule has 1 amide bonds. The molecule has 4 nitrogen and oxygen atoms in total. The summed E-state index contributed by atoms with van der Waals surface area (Å²) in [7, 11) is 1.48. The van der Waals surface area contributed by atoms with E-state index in [0.29, 0.717) is 18.0 Å². The standard InChI is InChI=1S/C15H20ClNO3S/c1-14(2)12(15(14,3)4)9-17-13(18)10-5-7-11(8-6-10)21(16,19)20/h5-8,12H,9H2,1-4H3,(H,17,18). The van der Waals surface area contributed by atoms with Gasteiger partial charge in [0.25, 0.3) is 15.0 Å². The molecule has 0 bridgehead atoms. The Labute approximate surface area is 130 Å². The number of benzene rings is 1. The van der Waals surface area contributed by atoms with Crippen molar-refractivity contribution in [2.24, 2.45) is 16.7 Å². The predicted molar refractivity (Wildman–Crippen MR) is 82.9 cm³/mol. The number of hydrogen-bond acceptors (Lipinski definition) is 3. The first-order valence-electron chi connectivity index (χ1n) is 6.81. The van der Waals surface area contributed by atoms with Crippen LogP contribution in [0.5, 0.6) is 0 Å². The summed E-state index contributed by atoms with van der Waals surface area (Å²) in [6.45, 7) is 9.41. The van der Waals surface area contributed by atoms with Crippen molar-refractivity contribution in [3.8, 4) is 0 Å². The SMILES string of the molecule is CC1(C)C(CNC(=O)c2ccc(S(=O)(=O)Cl)cc2)C1(C)C. The molecule has 0 saturated heterocycles. The highest BCUT2D eigenvalue weighted by Gasteiger charge is 2.64. The van der Waals surface area contributed by atoms with Crippen LogP contribution < -0.4 is 5.32 Å². The number of rotatable bonds is 4. The summed E-state index contributed by atoms with van der Waals surface area (Å²) in [5, 5.41) is 2.91. The van der Waals surface area contributed by atoms with E-state index in [2.05, 4.69) is 33.0 Å². The van der Waals surface area contributed by atoms with Crippen molar-refractivity contribution in [2.45, 2.75) is 32.6 Å². The van der Waals surface area contributed by atoms with Crippen LogP contribution in [0.2, 0.25) is 0 Å². The minimum atomic E-state index is -3.75. The average Bonchev–Trinajstić information content (AvgIpc) is 2.76. The van der Waals surface area contributed by atoms with Crippen LogP contribution in [0.4, 0.5) is 0 Å². The van der Waals surface area contributed by atoms with Crippen molar-refractivity contribution in [3.05, 3.63) is 29.8 Å². The van der Waals surface area contributed by atoms with E-state index in [9.17, 15) is 13.2 Å². The molecular formula is C15H20ClNO3S. The summed E-state index contributed by atoms with van der Waals surface area (Å²) < 4.78 is 22.3. The van der Waals surface area contributed by atoms with Crippen LogP contribution in [0.25, 0.3) is 0 Å². The molecule has 0 spiro atoms. The van der Waals surface area contributed by atoms with Crippen molar-refractivity contribution >= 4 is 25.6 Å². The Morgan fingerprint density at radius 3 is 2.00 bits per heavy atom. The molecule has 0 aromatic heterocycles. The number of hydrogen-bond donors (Lipinski definition) is 1. The maximum Gasteiger partial charge on any atom is 0.261 e. The molecule has 0 atom stereocenters. The van der Waals surface area contributed by atoms with E-state index in [0.717, 1.165) is 0 Å². The molecule has 1 saturated carbocycles. The van der Waals surface area contributed by atoms with Crippen molar-refractivity contribution in [1.29, 1.82) is 0 Å². The maximum atomic E-state index is 12.1. The van der Waals surface area contributed by atoms with Crippen LogP contribution in [0, 0.1) is 16.7 Å². The van der Waals surface area contributed by atoms with E-state index >= 15 is 0 Å². The van der Waals surface area contributed by atoms with Gasteiger partial charge in [-0.2, -0.15) is 0 Å². The molecule has 6 heteroatoms. The van der Waals surface area contributed by atoms with Crippen molar-refractivity contribution in [1.82, 2.24) is 5.32 Å². The van der Waals surface area contributed by atoms with Gasteiger partial charge in [-0.05, 0) is 41.0 Å². The predicted octanol–water partition coefficient (Wildman–Crippen LogP) is 3.03. The second-order valence-corrected chi connectivity index (χ2v) is 9.23.